The molecule has 30 heavy (non-hydrogen) atoms. The molecule has 8 nitrogen and oxygen atoms in total. The van der Waals surface area contributed by atoms with Crippen molar-refractivity contribution in [3.63, 3.8) is 0 Å². The molecule has 0 bridgehead atoms. The summed E-state index contributed by atoms with van der Waals surface area (Å²) in [5.41, 5.74) is 5.37. The number of pyridine rings is 1. The van der Waals surface area contributed by atoms with E-state index in [9.17, 15) is 14.4 Å². The fourth-order valence-electron chi connectivity index (χ4n) is 3.76. The van der Waals surface area contributed by atoms with Gasteiger partial charge >= 0.3 is 0 Å². The van der Waals surface area contributed by atoms with Gasteiger partial charge in [-0.05, 0) is 50.8 Å². The number of nitrogens with zero attached hydrogens (tertiary/aromatic N) is 2. The van der Waals surface area contributed by atoms with Crippen molar-refractivity contribution in [1.29, 1.82) is 0 Å². The van der Waals surface area contributed by atoms with Gasteiger partial charge in [-0.3, -0.25) is 19.1 Å². The fourth-order valence-corrected chi connectivity index (χ4v) is 3.76. The Bertz CT molecular complexity index is 1170. The molecule has 3 rings (SSSR count). The van der Waals surface area contributed by atoms with Crippen LogP contribution in [0.3, 0.4) is 0 Å². The molecule has 2 amide bonds. The second kappa shape index (κ2) is 8.52. The molecule has 0 saturated heterocycles. The van der Waals surface area contributed by atoms with Crippen molar-refractivity contribution >= 4 is 28.5 Å². The predicted octanol–water partition coefficient (Wildman–Crippen LogP) is 2.18. The van der Waals surface area contributed by atoms with Crippen molar-refractivity contribution in [1.82, 2.24) is 20.1 Å². The fraction of sp³-hybridized carbons (Fsp3) is 0.364. The van der Waals surface area contributed by atoms with E-state index in [1.54, 1.807) is 11.7 Å². The van der Waals surface area contributed by atoms with Gasteiger partial charge < -0.3 is 15.6 Å². The minimum atomic E-state index is -0.290. The number of fused-ring (bicyclic) bond motifs is 1. The Hall–Kier alpha value is -3.42. The van der Waals surface area contributed by atoms with Crippen molar-refractivity contribution in [2.45, 2.75) is 40.5 Å². The van der Waals surface area contributed by atoms with Gasteiger partial charge in [-0.15, -0.1) is 0 Å². The lowest BCUT2D eigenvalue weighted by atomic mass is 10.0. The summed E-state index contributed by atoms with van der Waals surface area (Å²) in [4.78, 5) is 39.8. The van der Waals surface area contributed by atoms with Gasteiger partial charge in [0.05, 0.1) is 12.2 Å². The lowest BCUT2D eigenvalue weighted by molar-refractivity contribution is -0.124. The molecule has 3 N–H and O–H groups in total. The van der Waals surface area contributed by atoms with E-state index in [2.05, 4.69) is 20.7 Å². The number of hydrogen-bond acceptors (Lipinski definition) is 4. The van der Waals surface area contributed by atoms with Crippen LogP contribution in [0.1, 0.15) is 34.4 Å². The van der Waals surface area contributed by atoms with Crippen LogP contribution in [0, 0.1) is 27.7 Å². The van der Waals surface area contributed by atoms with E-state index < -0.39 is 0 Å². The zero-order valence-corrected chi connectivity index (χ0v) is 18.0. The highest BCUT2D eigenvalue weighted by atomic mass is 16.2. The van der Waals surface area contributed by atoms with Gasteiger partial charge in [-0.2, -0.15) is 5.10 Å². The lowest BCUT2D eigenvalue weighted by Crippen LogP contribution is -2.33. The van der Waals surface area contributed by atoms with E-state index in [0.717, 1.165) is 33.5 Å². The number of amides is 2. The van der Waals surface area contributed by atoms with Crippen molar-refractivity contribution < 1.29 is 9.59 Å². The van der Waals surface area contributed by atoms with E-state index in [-0.39, 0.29) is 36.8 Å². The van der Waals surface area contributed by atoms with Crippen LogP contribution in [0.25, 0.3) is 11.0 Å². The summed E-state index contributed by atoms with van der Waals surface area (Å²) in [6.45, 7) is 7.47. The van der Waals surface area contributed by atoms with E-state index in [0.29, 0.717) is 11.2 Å². The Balaban J connectivity index is 1.61. The highest BCUT2D eigenvalue weighted by molar-refractivity contribution is 5.95. The molecule has 0 fully saturated rings. The monoisotopic (exact) mass is 409 g/mol. The minimum absolute atomic E-state index is 0.116. The molecule has 2 heterocycles. The Kier molecular flexibility index (Phi) is 6.05. The normalized spacial score (nSPS) is 11.0. The number of hydrogen-bond donors (Lipinski definition) is 3. The summed E-state index contributed by atoms with van der Waals surface area (Å²) < 4.78 is 1.64. The summed E-state index contributed by atoms with van der Waals surface area (Å²) in [7, 11) is 1.78. The predicted molar refractivity (Wildman–Crippen MR) is 117 cm³/mol. The number of aromatic nitrogens is 3. The number of rotatable bonds is 6. The third-order valence-electron chi connectivity index (χ3n) is 5.35. The van der Waals surface area contributed by atoms with Crippen molar-refractivity contribution in [2.24, 2.45) is 7.05 Å². The van der Waals surface area contributed by atoms with Crippen LogP contribution >= 0.6 is 0 Å². The number of aromatic amines is 1. The number of carbonyl (C=O) groups is 2. The quantitative estimate of drug-likeness (QED) is 0.580. The number of para-hydroxylation sites is 1. The van der Waals surface area contributed by atoms with Crippen LogP contribution in [-0.4, -0.2) is 33.1 Å². The first-order chi connectivity index (χ1) is 14.2. The zero-order valence-electron chi connectivity index (χ0n) is 18.0. The van der Waals surface area contributed by atoms with E-state index in [1.165, 1.54) is 0 Å². The second-order valence-electron chi connectivity index (χ2n) is 7.58. The first kappa shape index (κ1) is 21.3. The molecule has 2 aromatic heterocycles. The molecule has 3 aromatic rings. The molecular formula is C22H27N5O3. The maximum absolute atomic E-state index is 12.5. The summed E-state index contributed by atoms with van der Waals surface area (Å²) in [5.74, 6) is -0.573. The van der Waals surface area contributed by atoms with Crippen LogP contribution in [0.5, 0.6) is 0 Å². The van der Waals surface area contributed by atoms with Crippen LogP contribution in [0.15, 0.2) is 23.0 Å². The highest BCUT2D eigenvalue weighted by Gasteiger charge is 2.16. The average Bonchev–Trinajstić information content (AvgIpc) is 2.96. The Morgan fingerprint density at radius 1 is 1.10 bits per heavy atom. The van der Waals surface area contributed by atoms with Crippen molar-refractivity contribution in [3.8, 4) is 0 Å². The molecule has 0 saturated carbocycles. The van der Waals surface area contributed by atoms with Crippen LogP contribution in [0.2, 0.25) is 0 Å². The van der Waals surface area contributed by atoms with Gasteiger partial charge in [-0.1, -0.05) is 18.2 Å². The first-order valence-corrected chi connectivity index (χ1v) is 9.87. The zero-order chi connectivity index (χ0) is 22.0. The maximum atomic E-state index is 12.5. The second-order valence-corrected chi connectivity index (χ2v) is 7.58. The first-order valence-electron chi connectivity index (χ1n) is 9.87. The minimum Gasteiger partial charge on any atom is -0.347 e. The number of benzene rings is 1. The van der Waals surface area contributed by atoms with E-state index in [1.807, 2.05) is 45.9 Å². The Labute approximate surface area is 174 Å². The lowest BCUT2D eigenvalue weighted by Gasteiger charge is -2.12. The smallest absolute Gasteiger partial charge is 0.253 e. The molecule has 0 unspecified atom stereocenters. The van der Waals surface area contributed by atoms with Crippen molar-refractivity contribution in [2.75, 3.05) is 11.9 Å². The third kappa shape index (κ3) is 4.27. The highest BCUT2D eigenvalue weighted by Crippen LogP contribution is 2.21. The standard InChI is InChI=1S/C22H27N5O3/c1-12-7-6-8-13(2)20(12)24-18(29)11-23-17(28)10-9-16-14(3)19-15(4)26-27(5)21(19)25-22(16)30/h6-8H,9-11H2,1-5H3,(H,23,28)(H,24,29)(H,25,30). The number of carbonyl (C=O) groups excluding carboxylic acids is 2. The topological polar surface area (TPSA) is 109 Å². The van der Waals surface area contributed by atoms with Gasteiger partial charge in [0.25, 0.3) is 5.56 Å². The Morgan fingerprint density at radius 3 is 2.43 bits per heavy atom. The number of nitrogens with one attached hydrogen (secondary N) is 3. The average molecular weight is 409 g/mol. The molecule has 0 atom stereocenters. The molecule has 1 aromatic carbocycles. The molecule has 0 aliphatic rings. The van der Waals surface area contributed by atoms with Gasteiger partial charge in [0.2, 0.25) is 11.8 Å². The molecule has 0 spiro atoms. The van der Waals surface area contributed by atoms with Gasteiger partial charge in [0.15, 0.2) is 0 Å². The summed E-state index contributed by atoms with van der Waals surface area (Å²) in [5, 5.41) is 10.7. The van der Waals surface area contributed by atoms with Crippen LogP contribution in [-0.2, 0) is 23.1 Å². The SMILES string of the molecule is Cc1cccc(C)c1NC(=O)CNC(=O)CCc1c(C)c2c(C)nn(C)c2[nH]c1=O. The largest absolute Gasteiger partial charge is 0.347 e. The van der Waals surface area contributed by atoms with Gasteiger partial charge in [0.1, 0.15) is 5.65 Å². The summed E-state index contributed by atoms with van der Waals surface area (Å²) >= 11 is 0. The molecule has 8 heteroatoms. The van der Waals surface area contributed by atoms with E-state index in [4.69, 9.17) is 0 Å². The van der Waals surface area contributed by atoms with Crippen molar-refractivity contribution in [3.05, 3.63) is 56.5 Å². The third-order valence-corrected chi connectivity index (χ3v) is 5.35. The van der Waals surface area contributed by atoms with Crippen LogP contribution in [0.4, 0.5) is 5.69 Å². The molecule has 0 radical (unpaired) electrons. The molecule has 0 aliphatic carbocycles. The van der Waals surface area contributed by atoms with Gasteiger partial charge in [-0.25, -0.2) is 0 Å². The Morgan fingerprint density at radius 2 is 1.77 bits per heavy atom. The number of aryl methyl sites for hydroxylation is 5. The molecule has 0 aliphatic heterocycles. The molecule has 158 valence electrons. The molecular weight excluding hydrogens is 382 g/mol. The number of anilines is 1. The van der Waals surface area contributed by atoms with Gasteiger partial charge in [0, 0.05) is 30.1 Å². The van der Waals surface area contributed by atoms with Crippen LogP contribution < -0.4 is 16.2 Å². The maximum Gasteiger partial charge on any atom is 0.253 e. The summed E-state index contributed by atoms with van der Waals surface area (Å²) in [6.07, 6.45) is 0.404. The number of H-pyrrole nitrogens is 1. The van der Waals surface area contributed by atoms with E-state index >= 15 is 0 Å². The summed E-state index contributed by atoms with van der Waals surface area (Å²) in [6, 6.07) is 5.76.